The predicted molar refractivity (Wildman–Crippen MR) is 119 cm³/mol. The molecule has 0 amide bonds. The Morgan fingerprint density at radius 3 is 2.61 bits per heavy atom. The summed E-state index contributed by atoms with van der Waals surface area (Å²) >= 11 is 3.58. The minimum atomic E-state index is -0.550. The number of aliphatic hydroxyl groups excluding tert-OH is 2. The van der Waals surface area contributed by atoms with Crippen molar-refractivity contribution in [3.05, 3.63) is 52.8 Å². The van der Waals surface area contributed by atoms with E-state index in [0.717, 1.165) is 27.6 Å². The Hall–Kier alpha value is -2.00. The van der Waals surface area contributed by atoms with Gasteiger partial charge in [0.25, 0.3) is 0 Å². The average Bonchev–Trinajstić information content (AvgIpc) is 3.22. The van der Waals surface area contributed by atoms with Crippen LogP contribution < -0.4 is 16.4 Å². The van der Waals surface area contributed by atoms with E-state index >= 15 is 0 Å². The second kappa shape index (κ2) is 8.17. The molecule has 0 aliphatic carbocycles. The fraction of sp³-hybridized carbons (Fsp3) is 0.300. The van der Waals surface area contributed by atoms with Crippen molar-refractivity contribution < 1.29 is 10.2 Å². The van der Waals surface area contributed by atoms with Gasteiger partial charge in [-0.25, -0.2) is 0 Å². The third-order valence-electron chi connectivity index (χ3n) is 5.06. The van der Waals surface area contributed by atoms with Gasteiger partial charge in [-0.1, -0.05) is 33.5 Å². The molecule has 0 fully saturated rings. The Morgan fingerprint density at radius 1 is 1.07 bits per heavy atom. The van der Waals surface area contributed by atoms with Crippen LogP contribution in [0, 0.1) is 0 Å². The van der Waals surface area contributed by atoms with Gasteiger partial charge in [0.15, 0.2) is 0 Å². The van der Waals surface area contributed by atoms with Crippen LogP contribution in [0.2, 0.25) is 0 Å². The first kappa shape index (κ1) is 19.3. The molecule has 3 aromatic rings. The summed E-state index contributed by atoms with van der Waals surface area (Å²) in [4.78, 5) is 0. The zero-order valence-corrected chi connectivity index (χ0v) is 17.4. The van der Waals surface area contributed by atoms with E-state index in [9.17, 15) is 5.11 Å². The molecule has 28 heavy (non-hydrogen) atoms. The molecule has 0 saturated heterocycles. The van der Waals surface area contributed by atoms with E-state index in [1.54, 1.807) is 0 Å². The van der Waals surface area contributed by atoms with E-state index < -0.39 is 6.10 Å². The molecule has 4 rings (SSSR count). The third kappa shape index (κ3) is 3.91. The van der Waals surface area contributed by atoms with Crippen molar-refractivity contribution in [3.63, 3.8) is 0 Å². The Kier molecular flexibility index (Phi) is 5.64. The molecule has 1 aliphatic rings. The number of aromatic nitrogens is 1. The molecule has 1 atom stereocenters. The summed E-state index contributed by atoms with van der Waals surface area (Å²) in [5.41, 5.74) is 10.6. The molecule has 0 saturated carbocycles. The number of nitrogens with one attached hydrogen (secondary N) is 2. The maximum atomic E-state index is 10.8. The molecule has 4 N–H and O–H groups in total. The lowest BCUT2D eigenvalue weighted by Gasteiger charge is -2.20. The van der Waals surface area contributed by atoms with Crippen molar-refractivity contribution in [2.75, 3.05) is 13.2 Å². The molecule has 6 nitrogen and oxygen atoms in total. The van der Waals surface area contributed by atoms with Crippen LogP contribution in [0.25, 0.3) is 21.8 Å². The maximum absolute atomic E-state index is 10.8. The summed E-state index contributed by atoms with van der Waals surface area (Å²) in [5.74, 6) is 0. The van der Waals surface area contributed by atoms with Crippen molar-refractivity contribution in [2.45, 2.75) is 25.5 Å². The lowest BCUT2D eigenvalue weighted by molar-refractivity contribution is 0.100. The first-order chi connectivity index (χ1) is 13.5. The topological polar surface area (TPSA) is 72.7 Å². The number of β-amino-alcohol motifs (C(OH)–C–C–N with tert-alkyl or cyclic N) is 1. The summed E-state index contributed by atoms with van der Waals surface area (Å²) in [5, 5.41) is 24.0. The molecule has 1 aromatic heterocycles. The minimum absolute atomic E-state index is 0.172. The van der Waals surface area contributed by atoms with E-state index in [0.29, 0.717) is 19.5 Å². The number of hydrazine groups is 2. The highest BCUT2D eigenvalue weighted by Gasteiger charge is 2.18. The van der Waals surface area contributed by atoms with Crippen molar-refractivity contribution in [1.82, 2.24) is 20.5 Å². The molecular weight excluding hydrogens is 419 g/mol. The molecule has 0 radical (unpaired) electrons. The normalized spacial score (nSPS) is 15.2. The molecule has 1 unspecified atom stereocenters. The third-order valence-corrected chi connectivity index (χ3v) is 5.55. The number of allylic oxidation sites excluding steroid dienone is 1. The second-order valence-electron chi connectivity index (χ2n) is 7.32. The number of nitrogens with zero attached hydrogens (tertiary/aromatic N) is 2. The lowest BCUT2D eigenvalue weighted by Crippen LogP contribution is -2.41. The zero-order valence-electron chi connectivity index (χ0n) is 15.8. The van der Waals surface area contributed by atoms with Crippen LogP contribution in [0.4, 0.5) is 0 Å². The average molecular weight is 443 g/mol. The summed E-state index contributed by atoms with van der Waals surface area (Å²) in [7, 11) is 2.10. The minimum Gasteiger partial charge on any atom is -0.396 e. The Balaban J connectivity index is 1.58. The quantitative estimate of drug-likeness (QED) is 0.412. The highest BCUT2D eigenvalue weighted by molar-refractivity contribution is 9.10. The second-order valence-corrected chi connectivity index (χ2v) is 8.23. The van der Waals surface area contributed by atoms with Crippen molar-refractivity contribution in [1.29, 1.82) is 0 Å². The Bertz CT molecular complexity index is 977. The largest absolute Gasteiger partial charge is 0.396 e. The summed E-state index contributed by atoms with van der Waals surface area (Å²) in [6.07, 6.45) is 2.89. The van der Waals surface area contributed by atoms with Gasteiger partial charge >= 0.3 is 0 Å². The van der Waals surface area contributed by atoms with Crippen LogP contribution in [-0.2, 0) is 6.54 Å². The standard InChI is InChI=1S/C20H24BBrN4O2/c21-13-3-5-19-17(8-13)18-9-14(22)4-6-20(18)26(19)12-16(28)11-25-10-15(23-24-25)2-1-7-27/h3-6,8-10,16,23-24,27-28H,1-2,7,11-12,21H2. The van der Waals surface area contributed by atoms with Gasteiger partial charge in [0.05, 0.1) is 19.2 Å². The summed E-state index contributed by atoms with van der Waals surface area (Å²) in [6, 6.07) is 12.7. The SMILES string of the molecule is Bc1ccc2c(c1)c1cc(Br)ccc1n2CC(O)CN1C=C(CCCO)NN1. The van der Waals surface area contributed by atoms with E-state index in [1.807, 2.05) is 17.3 Å². The smallest absolute Gasteiger partial charge is 0.139 e. The van der Waals surface area contributed by atoms with Gasteiger partial charge in [0, 0.05) is 44.8 Å². The highest BCUT2D eigenvalue weighted by Crippen LogP contribution is 2.31. The number of fused-ring (bicyclic) bond motifs is 3. The Labute approximate surface area is 173 Å². The van der Waals surface area contributed by atoms with Crippen LogP contribution in [0.1, 0.15) is 12.8 Å². The van der Waals surface area contributed by atoms with Gasteiger partial charge in [-0.05, 0) is 37.1 Å². The first-order valence-electron chi connectivity index (χ1n) is 9.51. The number of hydrogen-bond donors (Lipinski definition) is 4. The van der Waals surface area contributed by atoms with Gasteiger partial charge in [-0.15, -0.1) is 5.53 Å². The van der Waals surface area contributed by atoms with Gasteiger partial charge < -0.3 is 20.2 Å². The number of aliphatic hydroxyl groups is 2. The van der Waals surface area contributed by atoms with Crippen LogP contribution in [0.15, 0.2) is 52.8 Å². The van der Waals surface area contributed by atoms with Gasteiger partial charge in [-0.2, -0.15) is 0 Å². The molecule has 8 heteroatoms. The monoisotopic (exact) mass is 442 g/mol. The number of rotatable bonds is 7. The van der Waals surface area contributed by atoms with Gasteiger partial charge in [0.2, 0.25) is 0 Å². The fourth-order valence-corrected chi connectivity index (χ4v) is 4.13. The summed E-state index contributed by atoms with van der Waals surface area (Å²) in [6.45, 7) is 1.13. The van der Waals surface area contributed by atoms with E-state index in [1.165, 1.54) is 16.2 Å². The number of hydrogen-bond acceptors (Lipinski definition) is 5. The summed E-state index contributed by atoms with van der Waals surface area (Å²) < 4.78 is 3.25. The zero-order chi connectivity index (χ0) is 19.7. The number of benzene rings is 2. The van der Waals surface area contributed by atoms with Crippen LogP contribution in [-0.4, -0.2) is 46.9 Å². The Morgan fingerprint density at radius 2 is 1.82 bits per heavy atom. The lowest BCUT2D eigenvalue weighted by atomic mass is 9.94. The fourth-order valence-electron chi connectivity index (χ4n) is 3.77. The van der Waals surface area contributed by atoms with Crippen LogP contribution in [0.5, 0.6) is 0 Å². The van der Waals surface area contributed by atoms with Gasteiger partial charge in [0.1, 0.15) is 7.85 Å². The molecule has 2 heterocycles. The van der Waals surface area contributed by atoms with E-state index in [4.69, 9.17) is 5.11 Å². The van der Waals surface area contributed by atoms with E-state index in [-0.39, 0.29) is 6.61 Å². The molecule has 0 spiro atoms. The molecular formula is C20H24BBrN4O2. The maximum Gasteiger partial charge on any atom is 0.139 e. The van der Waals surface area contributed by atoms with Crippen molar-refractivity contribution in [3.8, 4) is 0 Å². The van der Waals surface area contributed by atoms with Crippen LogP contribution >= 0.6 is 15.9 Å². The molecule has 2 aromatic carbocycles. The van der Waals surface area contributed by atoms with Gasteiger partial charge in [-0.3, -0.25) is 5.01 Å². The first-order valence-corrected chi connectivity index (χ1v) is 10.3. The number of halogens is 1. The predicted octanol–water partition coefficient (Wildman–Crippen LogP) is 1.11. The highest BCUT2D eigenvalue weighted by atomic mass is 79.9. The van der Waals surface area contributed by atoms with Crippen molar-refractivity contribution >= 4 is 51.0 Å². The molecule has 1 aliphatic heterocycles. The molecule has 146 valence electrons. The van der Waals surface area contributed by atoms with Crippen LogP contribution in [0.3, 0.4) is 0 Å². The van der Waals surface area contributed by atoms with E-state index in [2.05, 4.69) is 69.6 Å². The molecule has 0 bridgehead atoms. The van der Waals surface area contributed by atoms with Crippen molar-refractivity contribution in [2.24, 2.45) is 0 Å².